The third kappa shape index (κ3) is 4.45. The summed E-state index contributed by atoms with van der Waals surface area (Å²) in [7, 11) is -1.36. The summed E-state index contributed by atoms with van der Waals surface area (Å²) in [5.74, 6) is -1.54. The fraction of sp³-hybridized carbons (Fsp3) is 0.222. The Kier molecular flexibility index (Phi) is 5.59. The van der Waals surface area contributed by atoms with Crippen LogP contribution in [0.4, 0.5) is 14.5 Å². The van der Waals surface area contributed by atoms with E-state index in [2.05, 4.69) is 14.8 Å². The maximum absolute atomic E-state index is 13.0. The molecule has 28 heavy (non-hydrogen) atoms. The molecule has 0 bridgehead atoms. The van der Waals surface area contributed by atoms with Gasteiger partial charge in [-0.25, -0.2) is 4.79 Å². The number of nitrogens with one attached hydrogen (secondary N) is 1. The highest BCUT2D eigenvalue weighted by atomic mass is 32.2. The van der Waals surface area contributed by atoms with Crippen LogP contribution in [-0.4, -0.2) is 34.7 Å². The van der Waals surface area contributed by atoms with E-state index >= 15 is 0 Å². The minimum absolute atomic E-state index is 0.112. The number of carbonyl (C=O) groups is 2. The molecule has 2 aromatic rings. The Bertz CT molecular complexity index is 949. The first-order valence-corrected chi connectivity index (χ1v) is 9.45. The predicted octanol–water partition coefficient (Wildman–Crippen LogP) is 2.93. The van der Waals surface area contributed by atoms with Crippen molar-refractivity contribution >= 4 is 28.4 Å². The number of alkyl halides is 2. The third-order valence-electron chi connectivity index (χ3n) is 3.63. The van der Waals surface area contributed by atoms with E-state index < -0.39 is 35.6 Å². The standard InChI is InChI=1S/C18H15F2NO6S/c1-2-28(24)15-6-4-3-5-12(15)17(23)25-10-16(22)21-11-7-8-13-14(9-11)27-18(19,20)26-13/h3-9H,2,10H2,1H3,(H,21,22). The molecule has 1 atom stereocenters. The molecule has 148 valence electrons. The molecule has 10 heteroatoms. The second-order valence-corrected chi connectivity index (χ2v) is 7.29. The first-order chi connectivity index (χ1) is 13.3. The quantitative estimate of drug-likeness (QED) is 0.735. The van der Waals surface area contributed by atoms with Crippen LogP contribution in [0.3, 0.4) is 0 Å². The van der Waals surface area contributed by atoms with E-state index in [0.29, 0.717) is 10.6 Å². The summed E-state index contributed by atoms with van der Waals surface area (Å²) >= 11 is 0. The van der Waals surface area contributed by atoms with Gasteiger partial charge in [0.2, 0.25) is 0 Å². The van der Waals surface area contributed by atoms with Crippen molar-refractivity contribution in [2.45, 2.75) is 18.1 Å². The van der Waals surface area contributed by atoms with Crippen LogP contribution < -0.4 is 14.8 Å². The lowest BCUT2D eigenvalue weighted by Gasteiger charge is -2.09. The summed E-state index contributed by atoms with van der Waals surface area (Å²) in [5.41, 5.74) is 0.273. The lowest BCUT2D eigenvalue weighted by molar-refractivity contribution is -0.286. The maximum atomic E-state index is 13.0. The number of benzene rings is 2. The summed E-state index contributed by atoms with van der Waals surface area (Å²) in [5, 5.41) is 2.40. The van der Waals surface area contributed by atoms with Crippen LogP contribution in [0.25, 0.3) is 0 Å². The molecule has 0 radical (unpaired) electrons. The second-order valence-electron chi connectivity index (χ2n) is 5.58. The van der Waals surface area contributed by atoms with Crippen molar-refractivity contribution < 1.29 is 36.8 Å². The third-order valence-corrected chi connectivity index (χ3v) is 5.00. The summed E-state index contributed by atoms with van der Waals surface area (Å²) in [6.07, 6.45) is -3.76. The van der Waals surface area contributed by atoms with E-state index in [1.807, 2.05) is 0 Å². The van der Waals surface area contributed by atoms with Crippen molar-refractivity contribution in [1.82, 2.24) is 0 Å². The second kappa shape index (κ2) is 7.93. The highest BCUT2D eigenvalue weighted by molar-refractivity contribution is 7.85. The van der Waals surface area contributed by atoms with Crippen LogP contribution in [0.1, 0.15) is 17.3 Å². The number of amides is 1. The van der Waals surface area contributed by atoms with Crippen LogP contribution in [0.15, 0.2) is 47.4 Å². The Labute approximate surface area is 161 Å². The smallest absolute Gasteiger partial charge is 0.452 e. The van der Waals surface area contributed by atoms with E-state index in [1.54, 1.807) is 25.1 Å². The molecule has 3 rings (SSSR count). The van der Waals surface area contributed by atoms with Gasteiger partial charge in [-0.3, -0.25) is 9.00 Å². The monoisotopic (exact) mass is 411 g/mol. The zero-order chi connectivity index (χ0) is 20.3. The Morgan fingerprint density at radius 2 is 1.86 bits per heavy atom. The van der Waals surface area contributed by atoms with Crippen LogP contribution in [-0.2, 0) is 20.3 Å². The average molecular weight is 411 g/mol. The van der Waals surface area contributed by atoms with Gasteiger partial charge in [0.1, 0.15) is 0 Å². The van der Waals surface area contributed by atoms with E-state index in [-0.39, 0.29) is 22.7 Å². The SMILES string of the molecule is CCS(=O)c1ccccc1C(=O)OCC(=O)Nc1ccc2c(c1)OC(F)(F)O2. The fourth-order valence-corrected chi connectivity index (χ4v) is 3.36. The average Bonchev–Trinajstić information content (AvgIpc) is 2.98. The molecule has 1 aliphatic heterocycles. The molecule has 0 aliphatic carbocycles. The Morgan fingerprint density at radius 3 is 2.61 bits per heavy atom. The van der Waals surface area contributed by atoms with Crippen molar-refractivity contribution in [3.8, 4) is 11.5 Å². The molecule has 1 unspecified atom stereocenters. The number of hydrogen-bond donors (Lipinski definition) is 1. The highest BCUT2D eigenvalue weighted by Crippen LogP contribution is 2.42. The highest BCUT2D eigenvalue weighted by Gasteiger charge is 2.43. The lowest BCUT2D eigenvalue weighted by atomic mass is 10.2. The van der Waals surface area contributed by atoms with Gasteiger partial charge in [-0.05, 0) is 24.3 Å². The van der Waals surface area contributed by atoms with Crippen molar-refractivity contribution in [3.63, 3.8) is 0 Å². The largest absolute Gasteiger partial charge is 0.586 e. The number of esters is 1. The van der Waals surface area contributed by atoms with Gasteiger partial charge in [0.15, 0.2) is 18.1 Å². The molecule has 2 aromatic carbocycles. The van der Waals surface area contributed by atoms with Crippen LogP contribution in [0.5, 0.6) is 11.5 Å². The number of rotatable bonds is 6. The van der Waals surface area contributed by atoms with Gasteiger partial charge in [-0.15, -0.1) is 8.78 Å². The molecule has 0 saturated carbocycles. The fourth-order valence-electron chi connectivity index (χ4n) is 2.42. The summed E-state index contributed by atoms with van der Waals surface area (Å²) in [4.78, 5) is 24.5. The molecule has 1 amide bonds. The lowest BCUT2D eigenvalue weighted by Crippen LogP contribution is -2.25. The van der Waals surface area contributed by atoms with Crippen LogP contribution in [0, 0.1) is 0 Å². The number of carbonyl (C=O) groups excluding carboxylic acids is 2. The van der Waals surface area contributed by atoms with Gasteiger partial charge in [-0.2, -0.15) is 0 Å². The van der Waals surface area contributed by atoms with Gasteiger partial charge < -0.3 is 19.5 Å². The van der Waals surface area contributed by atoms with E-state index in [1.165, 1.54) is 18.2 Å². The van der Waals surface area contributed by atoms with Gasteiger partial charge in [0.05, 0.1) is 21.3 Å². The Balaban J connectivity index is 1.60. The van der Waals surface area contributed by atoms with Gasteiger partial charge in [0.25, 0.3) is 5.91 Å². The minimum Gasteiger partial charge on any atom is -0.452 e. The molecule has 7 nitrogen and oxygen atoms in total. The normalized spacial score (nSPS) is 15.0. The molecular weight excluding hydrogens is 396 g/mol. The molecule has 1 N–H and O–H groups in total. The maximum Gasteiger partial charge on any atom is 0.586 e. The number of ether oxygens (including phenoxy) is 3. The molecule has 0 saturated heterocycles. The summed E-state index contributed by atoms with van der Waals surface area (Å²) < 4.78 is 51.5. The summed E-state index contributed by atoms with van der Waals surface area (Å²) in [6, 6.07) is 9.97. The Morgan fingerprint density at radius 1 is 1.14 bits per heavy atom. The van der Waals surface area contributed by atoms with E-state index in [0.717, 1.165) is 6.07 Å². The Hall–Kier alpha value is -3.01. The van der Waals surface area contributed by atoms with Gasteiger partial charge in [0, 0.05) is 17.5 Å². The van der Waals surface area contributed by atoms with Crippen LogP contribution >= 0.6 is 0 Å². The predicted molar refractivity (Wildman–Crippen MR) is 94.9 cm³/mol. The first kappa shape index (κ1) is 19.7. The molecule has 0 spiro atoms. The molecule has 1 aliphatic rings. The minimum atomic E-state index is -3.76. The van der Waals surface area contributed by atoms with Crippen molar-refractivity contribution in [2.24, 2.45) is 0 Å². The van der Waals surface area contributed by atoms with E-state index in [4.69, 9.17) is 4.74 Å². The van der Waals surface area contributed by atoms with Crippen molar-refractivity contribution in [3.05, 3.63) is 48.0 Å². The first-order valence-electron chi connectivity index (χ1n) is 8.13. The number of anilines is 1. The molecular formula is C18H15F2NO6S. The van der Waals surface area contributed by atoms with E-state index in [9.17, 15) is 22.6 Å². The zero-order valence-electron chi connectivity index (χ0n) is 14.6. The van der Waals surface area contributed by atoms with Gasteiger partial charge in [-0.1, -0.05) is 19.1 Å². The topological polar surface area (TPSA) is 90.9 Å². The van der Waals surface area contributed by atoms with Crippen molar-refractivity contribution in [1.29, 1.82) is 0 Å². The molecule has 0 fully saturated rings. The molecule has 0 aromatic heterocycles. The number of hydrogen-bond acceptors (Lipinski definition) is 6. The zero-order valence-corrected chi connectivity index (χ0v) is 15.4. The van der Waals surface area contributed by atoms with Crippen LogP contribution in [0.2, 0.25) is 0 Å². The number of halogens is 2. The summed E-state index contributed by atoms with van der Waals surface area (Å²) in [6.45, 7) is 1.10. The molecule has 1 heterocycles. The van der Waals surface area contributed by atoms with Crippen molar-refractivity contribution in [2.75, 3.05) is 17.7 Å². The van der Waals surface area contributed by atoms with Gasteiger partial charge >= 0.3 is 12.3 Å². The number of fused-ring (bicyclic) bond motifs is 1.